The average Bonchev–Trinajstić information content (AvgIpc) is 3.33. The molecule has 3 heterocycles. The second-order valence-electron chi connectivity index (χ2n) is 10.5. The summed E-state index contributed by atoms with van der Waals surface area (Å²) in [5, 5.41) is 44.0. The Balaban J connectivity index is 1.29. The third-order valence-electron chi connectivity index (χ3n) is 7.88. The van der Waals surface area contributed by atoms with Gasteiger partial charge in [0, 0.05) is 56.8 Å². The van der Waals surface area contributed by atoms with E-state index in [0.717, 1.165) is 42.8 Å². The van der Waals surface area contributed by atoms with E-state index in [-0.39, 0.29) is 18.7 Å². The molecule has 0 radical (unpaired) electrons. The Bertz CT molecular complexity index is 1450. The molecule has 4 N–H and O–H groups in total. The van der Waals surface area contributed by atoms with Crippen LogP contribution < -0.4 is 10.2 Å². The first-order chi connectivity index (χ1) is 19.2. The number of aliphatic hydroxyl groups is 3. The number of aromatic nitrogens is 1. The van der Waals surface area contributed by atoms with Crippen LogP contribution in [0.5, 0.6) is 0 Å². The molecule has 2 fully saturated rings. The molecule has 5 rings (SSSR count). The smallest absolute Gasteiger partial charge is 0.262 e. The Kier molecular flexibility index (Phi) is 8.21. The van der Waals surface area contributed by atoms with Crippen LogP contribution in [-0.4, -0.2) is 101 Å². The van der Waals surface area contributed by atoms with E-state index in [1.807, 2.05) is 29.8 Å². The Labute approximate surface area is 233 Å². The molecule has 0 aliphatic carbocycles. The summed E-state index contributed by atoms with van der Waals surface area (Å²) in [5.74, 6) is -0.622. The highest BCUT2D eigenvalue weighted by Crippen LogP contribution is 2.29. The molecule has 0 spiro atoms. The van der Waals surface area contributed by atoms with Crippen LogP contribution in [0.3, 0.4) is 0 Å². The van der Waals surface area contributed by atoms with Crippen LogP contribution in [0.15, 0.2) is 54.1 Å². The zero-order valence-electron chi connectivity index (χ0n) is 22.7. The summed E-state index contributed by atoms with van der Waals surface area (Å²) in [6.07, 6.45) is -3.29. The number of benzene rings is 2. The number of nitrogens with one attached hydrogen (secondary N) is 1. The van der Waals surface area contributed by atoms with Gasteiger partial charge in [-0.05, 0) is 59.8 Å². The normalized spacial score (nSPS) is 24.2. The van der Waals surface area contributed by atoms with Crippen LogP contribution in [0.1, 0.15) is 5.69 Å². The van der Waals surface area contributed by atoms with Crippen LogP contribution in [0.2, 0.25) is 0 Å². The number of anilines is 1. The van der Waals surface area contributed by atoms with Crippen molar-refractivity contribution in [1.82, 2.24) is 14.8 Å². The van der Waals surface area contributed by atoms with Gasteiger partial charge in [-0.1, -0.05) is 18.2 Å². The van der Waals surface area contributed by atoms with Gasteiger partial charge in [-0.25, -0.2) is 0 Å². The minimum absolute atomic E-state index is 0.103. The molecule has 2 aromatic carbocycles. The fourth-order valence-corrected chi connectivity index (χ4v) is 5.25. The second kappa shape index (κ2) is 11.8. The zero-order chi connectivity index (χ0) is 28.4. The molecule has 1 amide bonds. The van der Waals surface area contributed by atoms with Gasteiger partial charge in [-0.3, -0.25) is 4.79 Å². The number of likely N-dealkylation sites (N-methyl/N-ethyl adjacent to an activating group) is 1. The lowest BCUT2D eigenvalue weighted by atomic mass is 10.00. The number of ether oxygens (including phenoxy) is 1. The third-order valence-corrected chi connectivity index (χ3v) is 7.88. The molecular formula is C30H35N5O5. The van der Waals surface area contributed by atoms with Crippen LogP contribution >= 0.6 is 0 Å². The maximum atomic E-state index is 12.7. The van der Waals surface area contributed by atoms with Gasteiger partial charge in [-0.15, -0.1) is 0 Å². The van der Waals surface area contributed by atoms with Crippen molar-refractivity contribution in [3.63, 3.8) is 0 Å². The largest absolute Gasteiger partial charge is 0.388 e. The minimum Gasteiger partial charge on any atom is -0.388 e. The number of carbonyl (C=O) groups is 1. The Morgan fingerprint density at radius 1 is 1.02 bits per heavy atom. The number of aliphatic hydroxyl groups excluding tert-OH is 3. The number of hydrogen-bond acceptors (Lipinski definition) is 8. The first kappa shape index (κ1) is 27.8. The molecule has 210 valence electrons. The van der Waals surface area contributed by atoms with Crippen molar-refractivity contribution < 1.29 is 24.9 Å². The molecular weight excluding hydrogens is 510 g/mol. The maximum absolute atomic E-state index is 12.7. The number of fused-ring (bicyclic) bond motifs is 1. The summed E-state index contributed by atoms with van der Waals surface area (Å²) in [4.78, 5) is 17.5. The molecule has 1 aromatic heterocycles. The molecule has 10 heteroatoms. The van der Waals surface area contributed by atoms with Crippen molar-refractivity contribution in [3.05, 3.63) is 59.8 Å². The van der Waals surface area contributed by atoms with Crippen molar-refractivity contribution in [1.29, 1.82) is 5.26 Å². The SMILES string of the molecule is CN1CCN(c2ccc3cc(-c4ccc(/C=C(\C#N)C(=O)NC[C@H]5OC[C@H](O)[C@@H](O)[C@@H]5O)n4C)ccc3c2)CC1. The predicted octanol–water partition coefficient (Wildman–Crippen LogP) is 1.10. The summed E-state index contributed by atoms with van der Waals surface area (Å²) in [5.41, 5.74) is 3.78. The van der Waals surface area contributed by atoms with E-state index in [1.54, 1.807) is 0 Å². The predicted molar refractivity (Wildman–Crippen MR) is 152 cm³/mol. The summed E-state index contributed by atoms with van der Waals surface area (Å²) >= 11 is 0. The van der Waals surface area contributed by atoms with Gasteiger partial charge in [0.1, 0.15) is 36.1 Å². The van der Waals surface area contributed by atoms with Crippen molar-refractivity contribution in [3.8, 4) is 17.3 Å². The van der Waals surface area contributed by atoms with E-state index in [0.29, 0.717) is 5.69 Å². The molecule has 0 unspecified atom stereocenters. The lowest BCUT2D eigenvalue weighted by molar-refractivity contribution is -0.185. The van der Waals surface area contributed by atoms with Gasteiger partial charge in [0.2, 0.25) is 0 Å². The molecule has 3 aromatic rings. The molecule has 10 nitrogen and oxygen atoms in total. The Morgan fingerprint density at radius 2 is 1.75 bits per heavy atom. The Morgan fingerprint density at radius 3 is 2.50 bits per heavy atom. The first-order valence-corrected chi connectivity index (χ1v) is 13.4. The van der Waals surface area contributed by atoms with Crippen molar-refractivity contribution in [2.45, 2.75) is 24.4 Å². The molecule has 40 heavy (non-hydrogen) atoms. The zero-order valence-corrected chi connectivity index (χ0v) is 22.7. The van der Waals surface area contributed by atoms with Crippen molar-refractivity contribution in [2.75, 3.05) is 51.3 Å². The highest BCUT2D eigenvalue weighted by Gasteiger charge is 2.37. The highest BCUT2D eigenvalue weighted by molar-refractivity contribution is 6.01. The fourth-order valence-electron chi connectivity index (χ4n) is 5.25. The van der Waals surface area contributed by atoms with E-state index >= 15 is 0 Å². The van der Waals surface area contributed by atoms with Gasteiger partial charge in [-0.2, -0.15) is 5.26 Å². The van der Waals surface area contributed by atoms with Gasteiger partial charge >= 0.3 is 0 Å². The maximum Gasteiger partial charge on any atom is 0.262 e. The van der Waals surface area contributed by atoms with Crippen LogP contribution in [0, 0.1) is 11.3 Å². The van der Waals surface area contributed by atoms with Crippen LogP contribution in [0.4, 0.5) is 5.69 Å². The number of piperazine rings is 1. The average molecular weight is 546 g/mol. The standard InChI is InChI=1S/C30H35N5O5/c1-33-9-11-35(12-10-33)24-6-5-19-13-21(4-3-20(19)14-24)25-8-7-23(34(25)2)15-22(16-31)30(39)32-17-27-29(38)28(37)26(36)18-40-27/h3-8,13-15,26-29,36-38H,9-12,17-18H2,1-2H3,(H,32,39)/b22-15+/t26-,27+,28+,29+/m0/s1. The molecule has 0 saturated carbocycles. The second-order valence-corrected chi connectivity index (χ2v) is 10.5. The Hall–Kier alpha value is -3.72. The van der Waals surface area contributed by atoms with Crippen LogP contribution in [-0.2, 0) is 16.6 Å². The molecule has 2 aliphatic rings. The van der Waals surface area contributed by atoms with Gasteiger partial charge in [0.15, 0.2) is 0 Å². The number of hydrogen-bond donors (Lipinski definition) is 4. The number of rotatable bonds is 6. The van der Waals surface area contributed by atoms with Crippen molar-refractivity contribution in [2.24, 2.45) is 7.05 Å². The van der Waals surface area contributed by atoms with E-state index in [2.05, 4.69) is 58.6 Å². The number of nitriles is 1. The first-order valence-electron chi connectivity index (χ1n) is 13.4. The van der Waals surface area contributed by atoms with E-state index in [4.69, 9.17) is 4.74 Å². The third kappa shape index (κ3) is 5.75. The lowest BCUT2D eigenvalue weighted by Gasteiger charge is -2.35. The van der Waals surface area contributed by atoms with E-state index < -0.39 is 30.3 Å². The minimum atomic E-state index is -1.36. The highest BCUT2D eigenvalue weighted by atomic mass is 16.5. The fraction of sp³-hybridized carbons (Fsp3) is 0.400. The lowest BCUT2D eigenvalue weighted by Crippen LogP contribution is -2.56. The molecule has 0 bridgehead atoms. The molecule has 2 aliphatic heterocycles. The van der Waals surface area contributed by atoms with E-state index in [9.17, 15) is 25.4 Å². The number of nitrogens with zero attached hydrogens (tertiary/aromatic N) is 4. The van der Waals surface area contributed by atoms with Gasteiger partial charge in [0.25, 0.3) is 5.91 Å². The van der Waals surface area contributed by atoms with E-state index in [1.165, 1.54) is 17.1 Å². The number of amides is 1. The van der Waals surface area contributed by atoms with Crippen molar-refractivity contribution >= 4 is 28.4 Å². The van der Waals surface area contributed by atoms with Crippen LogP contribution in [0.25, 0.3) is 28.1 Å². The quantitative estimate of drug-likeness (QED) is 0.267. The number of carbonyl (C=O) groups excluding carboxylic acids is 1. The summed E-state index contributed by atoms with van der Waals surface area (Å²) in [6, 6.07) is 18.7. The van der Waals surface area contributed by atoms with Gasteiger partial charge < -0.3 is 39.7 Å². The monoisotopic (exact) mass is 545 g/mol. The summed E-state index contributed by atoms with van der Waals surface area (Å²) in [6.45, 7) is 3.89. The molecule has 4 atom stereocenters. The molecule has 2 saturated heterocycles. The summed E-state index contributed by atoms with van der Waals surface area (Å²) < 4.78 is 7.24. The van der Waals surface area contributed by atoms with Gasteiger partial charge in [0.05, 0.1) is 6.61 Å². The topological polar surface area (TPSA) is 134 Å². The summed E-state index contributed by atoms with van der Waals surface area (Å²) in [7, 11) is 4.04.